The summed E-state index contributed by atoms with van der Waals surface area (Å²) in [6.07, 6.45) is 0. The Labute approximate surface area is 175 Å². The largest absolute Gasteiger partial charge is 0.465 e. The number of carbonyl (C=O) groups excluding carboxylic acids is 2. The zero-order chi connectivity index (χ0) is 21.4. The van der Waals surface area contributed by atoms with Crippen LogP contribution in [0.1, 0.15) is 31.8 Å². The van der Waals surface area contributed by atoms with Gasteiger partial charge >= 0.3 is 11.9 Å². The molecule has 0 spiro atoms. The first-order chi connectivity index (χ1) is 14.4. The molecule has 0 aliphatic carbocycles. The minimum atomic E-state index is -0.351. The van der Waals surface area contributed by atoms with Crippen molar-refractivity contribution in [2.24, 2.45) is 0 Å². The molecule has 4 heteroatoms. The second-order valence-electron chi connectivity index (χ2n) is 7.37. The second-order valence-corrected chi connectivity index (χ2v) is 7.37. The second kappa shape index (κ2) is 7.64. The summed E-state index contributed by atoms with van der Waals surface area (Å²) in [6, 6.07) is 19.5. The minimum absolute atomic E-state index is 0.351. The average Bonchev–Trinajstić information content (AvgIpc) is 2.78. The van der Waals surface area contributed by atoms with Gasteiger partial charge in [-0.15, -0.1) is 0 Å². The number of fused-ring (bicyclic) bond motifs is 2. The molecule has 0 unspecified atom stereocenters. The maximum atomic E-state index is 12.0. The molecule has 150 valence electrons. The predicted molar refractivity (Wildman–Crippen MR) is 119 cm³/mol. The lowest BCUT2D eigenvalue weighted by molar-refractivity contribution is 0.0592. The molecule has 0 bridgehead atoms. The standard InChI is InChI=1S/C26H22O4/c1-15-5-7-17-13-19(25(27)29-3)9-11-21(17)23(15)24-16(2)6-8-18-14-20(26(28)30-4)10-12-22(18)24/h5-14H,1-4H3. The van der Waals surface area contributed by atoms with Crippen LogP contribution in [0.15, 0.2) is 60.7 Å². The normalized spacial score (nSPS) is 10.9. The fourth-order valence-electron chi connectivity index (χ4n) is 4.03. The molecule has 0 aliphatic heterocycles. The Morgan fingerprint density at radius 1 is 0.600 bits per heavy atom. The van der Waals surface area contributed by atoms with Crippen LogP contribution >= 0.6 is 0 Å². The van der Waals surface area contributed by atoms with E-state index < -0.39 is 0 Å². The van der Waals surface area contributed by atoms with E-state index in [4.69, 9.17) is 9.47 Å². The summed E-state index contributed by atoms with van der Waals surface area (Å²) >= 11 is 0. The van der Waals surface area contributed by atoms with Gasteiger partial charge < -0.3 is 9.47 Å². The van der Waals surface area contributed by atoms with E-state index in [0.717, 1.165) is 43.8 Å². The third kappa shape index (κ3) is 3.20. The number of rotatable bonds is 3. The fourth-order valence-corrected chi connectivity index (χ4v) is 4.03. The summed E-state index contributed by atoms with van der Waals surface area (Å²) < 4.78 is 9.73. The molecule has 4 rings (SSSR count). The van der Waals surface area contributed by atoms with E-state index in [1.54, 1.807) is 12.1 Å². The van der Waals surface area contributed by atoms with E-state index >= 15 is 0 Å². The molecule has 0 radical (unpaired) electrons. The van der Waals surface area contributed by atoms with Gasteiger partial charge in [0.25, 0.3) is 0 Å². The first kappa shape index (κ1) is 19.6. The van der Waals surface area contributed by atoms with Crippen molar-refractivity contribution in [1.82, 2.24) is 0 Å². The Morgan fingerprint density at radius 3 is 1.37 bits per heavy atom. The van der Waals surface area contributed by atoms with Crippen LogP contribution < -0.4 is 0 Å². The number of hydrogen-bond donors (Lipinski definition) is 0. The minimum Gasteiger partial charge on any atom is -0.465 e. The van der Waals surface area contributed by atoms with Gasteiger partial charge in [0.05, 0.1) is 25.3 Å². The van der Waals surface area contributed by atoms with Crippen molar-refractivity contribution in [2.75, 3.05) is 14.2 Å². The molecular weight excluding hydrogens is 376 g/mol. The van der Waals surface area contributed by atoms with Crippen LogP contribution in [0.25, 0.3) is 32.7 Å². The van der Waals surface area contributed by atoms with E-state index in [2.05, 4.69) is 26.0 Å². The van der Waals surface area contributed by atoms with Crippen LogP contribution in [0.2, 0.25) is 0 Å². The van der Waals surface area contributed by atoms with Crippen molar-refractivity contribution < 1.29 is 19.1 Å². The lowest BCUT2D eigenvalue weighted by Crippen LogP contribution is -2.01. The first-order valence-electron chi connectivity index (χ1n) is 9.68. The van der Waals surface area contributed by atoms with Gasteiger partial charge in [0.1, 0.15) is 0 Å². The highest BCUT2D eigenvalue weighted by molar-refractivity contribution is 6.09. The molecule has 0 fully saturated rings. The van der Waals surface area contributed by atoms with Crippen LogP contribution in [-0.4, -0.2) is 26.2 Å². The van der Waals surface area contributed by atoms with Crippen LogP contribution in [-0.2, 0) is 9.47 Å². The molecule has 0 atom stereocenters. The number of methoxy groups -OCH3 is 2. The SMILES string of the molecule is COC(=O)c1ccc2c(-c3c(C)ccc4cc(C(=O)OC)ccc34)c(C)ccc2c1. The van der Waals surface area contributed by atoms with Crippen molar-refractivity contribution in [1.29, 1.82) is 0 Å². The van der Waals surface area contributed by atoms with Gasteiger partial charge in [0.15, 0.2) is 0 Å². The van der Waals surface area contributed by atoms with Crippen LogP contribution in [0, 0.1) is 13.8 Å². The molecule has 0 N–H and O–H groups in total. The Bertz CT molecular complexity index is 1210. The Balaban J connectivity index is 2.01. The number of ether oxygens (including phenoxy) is 2. The Hall–Kier alpha value is -3.66. The molecule has 0 saturated carbocycles. The highest BCUT2D eigenvalue weighted by Gasteiger charge is 2.16. The van der Waals surface area contributed by atoms with E-state index in [1.807, 2.05) is 36.4 Å². The fraction of sp³-hybridized carbons (Fsp3) is 0.154. The number of esters is 2. The van der Waals surface area contributed by atoms with E-state index in [0.29, 0.717) is 11.1 Å². The van der Waals surface area contributed by atoms with Crippen LogP contribution in [0.3, 0.4) is 0 Å². The summed E-state index contributed by atoms with van der Waals surface area (Å²) in [5, 5.41) is 4.08. The number of hydrogen-bond acceptors (Lipinski definition) is 4. The lowest BCUT2D eigenvalue weighted by Gasteiger charge is -2.17. The van der Waals surface area contributed by atoms with E-state index in [9.17, 15) is 9.59 Å². The summed E-state index contributed by atoms with van der Waals surface area (Å²) in [5.41, 5.74) is 5.58. The summed E-state index contributed by atoms with van der Waals surface area (Å²) in [7, 11) is 2.77. The predicted octanol–water partition coefficient (Wildman–Crippen LogP) is 5.85. The quantitative estimate of drug-likeness (QED) is 0.406. The molecule has 30 heavy (non-hydrogen) atoms. The zero-order valence-electron chi connectivity index (χ0n) is 17.4. The van der Waals surface area contributed by atoms with Crippen LogP contribution in [0.5, 0.6) is 0 Å². The maximum absolute atomic E-state index is 12.0. The first-order valence-corrected chi connectivity index (χ1v) is 9.68. The van der Waals surface area contributed by atoms with Crippen molar-refractivity contribution in [2.45, 2.75) is 13.8 Å². The topological polar surface area (TPSA) is 52.6 Å². The molecule has 0 aromatic heterocycles. The molecular formula is C26H22O4. The van der Waals surface area contributed by atoms with Crippen molar-refractivity contribution >= 4 is 33.5 Å². The third-order valence-electron chi connectivity index (χ3n) is 5.55. The van der Waals surface area contributed by atoms with Gasteiger partial charge in [-0.25, -0.2) is 9.59 Å². The molecule has 4 nitrogen and oxygen atoms in total. The van der Waals surface area contributed by atoms with E-state index in [-0.39, 0.29) is 11.9 Å². The number of aryl methyl sites for hydroxylation is 2. The summed E-state index contributed by atoms with van der Waals surface area (Å²) in [4.78, 5) is 23.9. The molecule has 4 aromatic rings. The maximum Gasteiger partial charge on any atom is 0.337 e. The lowest BCUT2D eigenvalue weighted by atomic mass is 9.87. The van der Waals surface area contributed by atoms with Gasteiger partial charge in [0, 0.05) is 0 Å². The van der Waals surface area contributed by atoms with Gasteiger partial charge in [0.2, 0.25) is 0 Å². The van der Waals surface area contributed by atoms with Gasteiger partial charge in [-0.2, -0.15) is 0 Å². The molecule has 4 aromatic carbocycles. The highest BCUT2D eigenvalue weighted by atomic mass is 16.5. The van der Waals surface area contributed by atoms with E-state index in [1.165, 1.54) is 14.2 Å². The molecule has 0 amide bonds. The number of benzene rings is 4. The molecule has 0 saturated heterocycles. The van der Waals surface area contributed by atoms with Gasteiger partial charge in [-0.3, -0.25) is 0 Å². The molecule has 0 aliphatic rings. The average molecular weight is 398 g/mol. The Morgan fingerprint density at radius 2 is 1.00 bits per heavy atom. The van der Waals surface area contributed by atoms with Crippen molar-refractivity contribution in [3.63, 3.8) is 0 Å². The number of carbonyl (C=O) groups is 2. The van der Waals surface area contributed by atoms with Crippen molar-refractivity contribution in [3.8, 4) is 11.1 Å². The monoisotopic (exact) mass is 398 g/mol. The zero-order valence-corrected chi connectivity index (χ0v) is 17.4. The third-order valence-corrected chi connectivity index (χ3v) is 5.55. The van der Waals surface area contributed by atoms with Crippen LogP contribution in [0.4, 0.5) is 0 Å². The Kier molecular flexibility index (Phi) is 5.00. The van der Waals surface area contributed by atoms with Gasteiger partial charge in [-0.05, 0) is 81.9 Å². The van der Waals surface area contributed by atoms with Crippen molar-refractivity contribution in [3.05, 3.63) is 82.9 Å². The summed E-state index contributed by atoms with van der Waals surface area (Å²) in [6.45, 7) is 4.17. The summed E-state index contributed by atoms with van der Waals surface area (Å²) in [5.74, 6) is -0.702. The highest BCUT2D eigenvalue weighted by Crippen LogP contribution is 2.39. The van der Waals surface area contributed by atoms with Gasteiger partial charge in [-0.1, -0.05) is 36.4 Å². The smallest absolute Gasteiger partial charge is 0.337 e. The molecule has 0 heterocycles.